The minimum atomic E-state index is -3.78. The number of anilines is 3. The maximum atomic E-state index is 12.8. The van der Waals surface area contributed by atoms with Crippen LogP contribution in [0.25, 0.3) is 0 Å². The number of nitrogens with two attached hydrogens (primary N) is 1. The van der Waals surface area contributed by atoms with Crippen molar-refractivity contribution in [3.8, 4) is 5.75 Å². The van der Waals surface area contributed by atoms with E-state index >= 15 is 0 Å². The summed E-state index contributed by atoms with van der Waals surface area (Å²) in [5, 5.41) is 3.42. The molecule has 0 spiro atoms. The summed E-state index contributed by atoms with van der Waals surface area (Å²) in [5.74, 6) is 0.453. The summed E-state index contributed by atoms with van der Waals surface area (Å²) in [7, 11) is -2.29. The van der Waals surface area contributed by atoms with Crippen LogP contribution in [0, 0.1) is 0 Å². The molecule has 28 heavy (non-hydrogen) atoms. The molecule has 1 heterocycles. The number of hydrogen-bond acceptors (Lipinski definition) is 6. The molecule has 0 aromatic heterocycles. The molecule has 2 unspecified atom stereocenters. The van der Waals surface area contributed by atoms with Crippen LogP contribution in [0.15, 0.2) is 47.4 Å². The lowest BCUT2D eigenvalue weighted by Gasteiger charge is -2.39. The van der Waals surface area contributed by atoms with E-state index in [1.54, 1.807) is 36.4 Å². The van der Waals surface area contributed by atoms with Gasteiger partial charge in [0.25, 0.3) is 10.0 Å². The average molecular weight is 427 g/mol. The number of methoxy groups -OCH3 is 1. The Balaban J connectivity index is 0.00000280. The van der Waals surface area contributed by atoms with Crippen LogP contribution < -0.4 is 25.4 Å². The molecule has 0 bridgehead atoms. The van der Waals surface area contributed by atoms with Gasteiger partial charge in [-0.15, -0.1) is 12.4 Å². The average Bonchev–Trinajstić information content (AvgIpc) is 2.64. The van der Waals surface area contributed by atoms with Crippen LogP contribution >= 0.6 is 12.4 Å². The molecule has 3 rings (SSSR count). The Morgan fingerprint density at radius 1 is 1.21 bits per heavy atom. The van der Waals surface area contributed by atoms with E-state index in [-0.39, 0.29) is 23.3 Å². The molecule has 0 aliphatic carbocycles. The second-order valence-electron chi connectivity index (χ2n) is 6.84. The van der Waals surface area contributed by atoms with Gasteiger partial charge in [-0.05, 0) is 44.2 Å². The number of hydrogen-bond donors (Lipinski definition) is 3. The van der Waals surface area contributed by atoms with Gasteiger partial charge >= 0.3 is 0 Å². The zero-order valence-corrected chi connectivity index (χ0v) is 17.8. The summed E-state index contributed by atoms with van der Waals surface area (Å²) in [6.45, 7) is 5.91. The van der Waals surface area contributed by atoms with E-state index in [1.165, 1.54) is 13.2 Å². The van der Waals surface area contributed by atoms with E-state index in [4.69, 9.17) is 10.5 Å². The molecule has 2 atom stereocenters. The first-order valence-electron chi connectivity index (χ1n) is 8.87. The lowest BCUT2D eigenvalue weighted by atomic mass is 10.1. The Kier molecular flexibility index (Phi) is 7.03. The molecule has 0 radical (unpaired) electrons. The smallest absolute Gasteiger partial charge is 0.262 e. The van der Waals surface area contributed by atoms with E-state index in [0.717, 1.165) is 18.8 Å². The first-order chi connectivity index (χ1) is 12.8. The minimum Gasteiger partial charge on any atom is -0.495 e. The van der Waals surface area contributed by atoms with Crippen LogP contribution in [0.4, 0.5) is 17.1 Å². The van der Waals surface area contributed by atoms with E-state index in [2.05, 4.69) is 28.8 Å². The van der Waals surface area contributed by atoms with Gasteiger partial charge in [0.05, 0.1) is 29.1 Å². The molecular weight excluding hydrogens is 400 g/mol. The van der Waals surface area contributed by atoms with Crippen molar-refractivity contribution in [2.24, 2.45) is 0 Å². The lowest BCUT2D eigenvalue weighted by molar-refractivity contribution is 0.417. The van der Waals surface area contributed by atoms with Crippen molar-refractivity contribution >= 4 is 39.5 Å². The van der Waals surface area contributed by atoms with Gasteiger partial charge in [-0.25, -0.2) is 8.42 Å². The number of rotatable bonds is 5. The second kappa shape index (κ2) is 8.89. The predicted molar refractivity (Wildman–Crippen MR) is 116 cm³/mol. The minimum absolute atomic E-state index is 0. The van der Waals surface area contributed by atoms with Crippen molar-refractivity contribution in [3.63, 3.8) is 0 Å². The molecule has 9 heteroatoms. The zero-order valence-electron chi connectivity index (χ0n) is 16.2. The quantitative estimate of drug-likeness (QED) is 0.636. The Hall–Kier alpha value is -2.16. The van der Waals surface area contributed by atoms with Gasteiger partial charge in [0.2, 0.25) is 0 Å². The summed E-state index contributed by atoms with van der Waals surface area (Å²) >= 11 is 0. The molecule has 0 saturated carbocycles. The largest absolute Gasteiger partial charge is 0.495 e. The summed E-state index contributed by atoms with van der Waals surface area (Å²) in [6, 6.07) is 12.4. The van der Waals surface area contributed by atoms with Crippen LogP contribution in [0.1, 0.15) is 13.8 Å². The SMILES string of the molecule is COc1ccccc1NS(=O)(=O)c1ccc(N2CC(C)NCC2C)c(N)c1.Cl. The van der Waals surface area contributed by atoms with Gasteiger partial charge in [-0.1, -0.05) is 12.1 Å². The van der Waals surface area contributed by atoms with Crippen molar-refractivity contribution < 1.29 is 13.2 Å². The Labute approximate surface area is 172 Å². The monoisotopic (exact) mass is 426 g/mol. The van der Waals surface area contributed by atoms with Crippen molar-refractivity contribution in [1.29, 1.82) is 0 Å². The lowest BCUT2D eigenvalue weighted by Crippen LogP contribution is -2.54. The van der Waals surface area contributed by atoms with Crippen molar-refractivity contribution in [2.75, 3.05) is 35.6 Å². The Morgan fingerprint density at radius 2 is 1.93 bits per heavy atom. The molecule has 1 aliphatic heterocycles. The molecular formula is C19H27ClN4O3S. The fourth-order valence-electron chi connectivity index (χ4n) is 3.25. The second-order valence-corrected chi connectivity index (χ2v) is 8.52. The standard InChI is InChI=1S/C19H26N4O3S.ClH/c1-13-12-23(14(2)11-21-13)18-9-8-15(10-16(18)20)27(24,25)22-17-6-4-5-7-19(17)26-3;/h4-10,13-14,21-22H,11-12,20H2,1-3H3;1H. The molecule has 2 aromatic carbocycles. The van der Waals surface area contributed by atoms with E-state index in [0.29, 0.717) is 23.2 Å². The van der Waals surface area contributed by atoms with Gasteiger partial charge in [0.1, 0.15) is 5.75 Å². The number of piperazine rings is 1. The Bertz CT molecular complexity index is 923. The number of benzene rings is 2. The van der Waals surface area contributed by atoms with Gasteiger partial charge in [-0.2, -0.15) is 0 Å². The van der Waals surface area contributed by atoms with Gasteiger partial charge in [0.15, 0.2) is 0 Å². The zero-order chi connectivity index (χ0) is 19.6. The topological polar surface area (TPSA) is 96.7 Å². The molecule has 154 valence electrons. The normalized spacial score (nSPS) is 19.6. The van der Waals surface area contributed by atoms with Gasteiger partial charge in [0, 0.05) is 25.2 Å². The third kappa shape index (κ3) is 4.63. The van der Waals surface area contributed by atoms with E-state index < -0.39 is 10.0 Å². The fraction of sp³-hybridized carbons (Fsp3) is 0.368. The number of nitrogens with zero attached hydrogens (tertiary/aromatic N) is 1. The van der Waals surface area contributed by atoms with E-state index in [1.807, 2.05) is 0 Å². The third-order valence-corrected chi connectivity index (χ3v) is 6.10. The van der Waals surface area contributed by atoms with Crippen LogP contribution in [0.2, 0.25) is 0 Å². The molecule has 1 saturated heterocycles. The highest BCUT2D eigenvalue weighted by atomic mass is 35.5. The highest BCUT2D eigenvalue weighted by Gasteiger charge is 2.25. The predicted octanol–water partition coefficient (Wildman–Crippen LogP) is 2.69. The summed E-state index contributed by atoms with van der Waals surface area (Å²) in [5.41, 5.74) is 7.91. The highest BCUT2D eigenvalue weighted by Crippen LogP contribution is 2.31. The van der Waals surface area contributed by atoms with Gasteiger partial charge < -0.3 is 20.7 Å². The number of ether oxygens (including phenoxy) is 1. The van der Waals surface area contributed by atoms with Gasteiger partial charge in [-0.3, -0.25) is 4.72 Å². The van der Waals surface area contributed by atoms with Crippen LogP contribution in [0.5, 0.6) is 5.75 Å². The maximum absolute atomic E-state index is 12.8. The molecule has 7 nitrogen and oxygen atoms in total. The number of nitrogens with one attached hydrogen (secondary N) is 2. The molecule has 0 amide bonds. The number of nitrogen functional groups attached to an aromatic ring is 1. The highest BCUT2D eigenvalue weighted by molar-refractivity contribution is 7.92. The summed E-state index contributed by atoms with van der Waals surface area (Å²) in [4.78, 5) is 2.33. The van der Waals surface area contributed by atoms with Crippen molar-refractivity contribution in [2.45, 2.75) is 30.8 Å². The van der Waals surface area contributed by atoms with Crippen molar-refractivity contribution in [3.05, 3.63) is 42.5 Å². The summed E-state index contributed by atoms with van der Waals surface area (Å²) < 4.78 is 33.3. The Morgan fingerprint density at radius 3 is 2.61 bits per heavy atom. The molecule has 1 aliphatic rings. The molecule has 4 N–H and O–H groups in total. The number of halogens is 1. The van der Waals surface area contributed by atoms with Crippen LogP contribution in [0.3, 0.4) is 0 Å². The molecule has 1 fully saturated rings. The first-order valence-corrected chi connectivity index (χ1v) is 10.4. The third-order valence-electron chi connectivity index (χ3n) is 4.73. The fourth-order valence-corrected chi connectivity index (χ4v) is 4.36. The van der Waals surface area contributed by atoms with Crippen LogP contribution in [-0.4, -0.2) is 40.7 Å². The van der Waals surface area contributed by atoms with Crippen molar-refractivity contribution in [1.82, 2.24) is 5.32 Å². The number of para-hydroxylation sites is 2. The first kappa shape index (κ1) is 22.1. The van der Waals surface area contributed by atoms with E-state index in [9.17, 15) is 8.42 Å². The molecule has 2 aromatic rings. The van der Waals surface area contributed by atoms with Crippen LogP contribution in [-0.2, 0) is 10.0 Å². The summed E-state index contributed by atoms with van der Waals surface area (Å²) in [6.07, 6.45) is 0. The number of sulfonamides is 1. The maximum Gasteiger partial charge on any atom is 0.262 e.